The number of hydrogen-bond donors (Lipinski definition) is 1. The molecule has 1 rings (SSSR count). The predicted octanol–water partition coefficient (Wildman–Crippen LogP) is 4.44. The van der Waals surface area contributed by atoms with Crippen LogP contribution in [-0.4, -0.2) is 11.5 Å². The lowest BCUT2D eigenvalue weighted by Crippen LogP contribution is -2.29. The molecule has 0 saturated heterocycles. The van der Waals surface area contributed by atoms with Gasteiger partial charge < -0.3 is 5.32 Å². The second kappa shape index (κ2) is 7.69. The number of halogens is 1. The van der Waals surface area contributed by atoms with E-state index in [-0.39, 0.29) is 0 Å². The molecule has 1 heterocycles. The highest BCUT2D eigenvalue weighted by Gasteiger charge is 2.16. The van der Waals surface area contributed by atoms with Crippen LogP contribution >= 0.6 is 33.9 Å². The number of unbranched alkanes of at least 4 members (excludes halogenated alkanes) is 2. The molecule has 4 heteroatoms. The van der Waals surface area contributed by atoms with Gasteiger partial charge in [-0.3, -0.25) is 0 Å². The molecule has 1 aromatic heterocycles. The van der Waals surface area contributed by atoms with Gasteiger partial charge in [0.15, 0.2) is 0 Å². The maximum absolute atomic E-state index is 4.36. The minimum atomic E-state index is 0.402. The van der Waals surface area contributed by atoms with Crippen LogP contribution in [0, 0.1) is 8.30 Å². The van der Waals surface area contributed by atoms with Gasteiger partial charge in [-0.1, -0.05) is 40.0 Å². The Morgan fingerprint density at radius 1 is 1.41 bits per heavy atom. The molecule has 0 unspecified atom stereocenters. The summed E-state index contributed by atoms with van der Waals surface area (Å²) in [4.78, 5) is 4.36. The van der Waals surface area contributed by atoms with Gasteiger partial charge in [0.2, 0.25) is 0 Å². The highest BCUT2D eigenvalue weighted by Crippen LogP contribution is 2.23. The largest absolute Gasteiger partial charge is 0.310 e. The molecule has 0 saturated carbocycles. The molecule has 1 aromatic rings. The number of nitrogens with one attached hydrogen (secondary N) is 1. The van der Waals surface area contributed by atoms with Crippen LogP contribution in [-0.2, 0) is 6.54 Å². The van der Waals surface area contributed by atoms with Gasteiger partial charge in [-0.05, 0) is 34.4 Å². The van der Waals surface area contributed by atoms with Crippen molar-refractivity contribution in [2.24, 2.45) is 5.41 Å². The fourth-order valence-corrected chi connectivity index (χ4v) is 3.33. The van der Waals surface area contributed by atoms with Crippen molar-refractivity contribution in [2.75, 3.05) is 6.54 Å². The number of aromatic nitrogens is 1. The van der Waals surface area contributed by atoms with E-state index in [0.29, 0.717) is 5.41 Å². The van der Waals surface area contributed by atoms with E-state index >= 15 is 0 Å². The summed E-state index contributed by atoms with van der Waals surface area (Å²) in [7, 11) is 0. The van der Waals surface area contributed by atoms with Gasteiger partial charge >= 0.3 is 0 Å². The van der Waals surface area contributed by atoms with Crippen molar-refractivity contribution in [3.8, 4) is 0 Å². The van der Waals surface area contributed by atoms with E-state index in [1.165, 1.54) is 33.6 Å². The van der Waals surface area contributed by atoms with Gasteiger partial charge in [0, 0.05) is 13.1 Å². The lowest BCUT2D eigenvalue weighted by atomic mass is 9.87. The summed E-state index contributed by atoms with van der Waals surface area (Å²) in [5.41, 5.74) is 0.402. The monoisotopic (exact) mass is 366 g/mol. The van der Waals surface area contributed by atoms with E-state index in [1.807, 2.05) is 6.20 Å². The molecule has 0 fully saturated rings. The van der Waals surface area contributed by atoms with Crippen LogP contribution in [0.15, 0.2) is 6.20 Å². The minimum absolute atomic E-state index is 0.402. The van der Waals surface area contributed by atoms with Crippen LogP contribution in [0.2, 0.25) is 0 Å². The van der Waals surface area contributed by atoms with Crippen molar-refractivity contribution in [3.63, 3.8) is 0 Å². The Morgan fingerprint density at radius 2 is 2.18 bits per heavy atom. The zero-order chi connectivity index (χ0) is 12.7. The maximum Gasteiger partial charge on any atom is 0.107 e. The molecule has 0 aliphatic rings. The maximum atomic E-state index is 4.36. The van der Waals surface area contributed by atoms with Gasteiger partial charge in [0.1, 0.15) is 5.01 Å². The zero-order valence-electron chi connectivity index (χ0n) is 11.1. The standard InChI is InChI=1S/C13H23IN2S/c1-4-5-6-7-13(2,3)10-15-9-12-16-8-11(14)17-12/h8,15H,4-7,9-10H2,1-3H3. The number of hydrogen-bond acceptors (Lipinski definition) is 3. The molecule has 0 aromatic carbocycles. The van der Waals surface area contributed by atoms with E-state index in [2.05, 4.69) is 53.7 Å². The Morgan fingerprint density at radius 3 is 2.76 bits per heavy atom. The zero-order valence-corrected chi connectivity index (χ0v) is 14.0. The highest BCUT2D eigenvalue weighted by atomic mass is 127. The fraction of sp³-hybridized carbons (Fsp3) is 0.769. The predicted molar refractivity (Wildman–Crippen MR) is 84.5 cm³/mol. The first-order valence-electron chi connectivity index (χ1n) is 6.34. The normalized spacial score (nSPS) is 12.0. The molecular weight excluding hydrogens is 343 g/mol. The van der Waals surface area contributed by atoms with Crippen molar-refractivity contribution in [1.82, 2.24) is 10.3 Å². The Bertz CT molecular complexity index is 323. The van der Waals surface area contributed by atoms with Crippen LogP contribution in [0.5, 0.6) is 0 Å². The van der Waals surface area contributed by atoms with E-state index < -0.39 is 0 Å². The molecule has 0 spiro atoms. The van der Waals surface area contributed by atoms with Crippen LogP contribution in [0.4, 0.5) is 0 Å². The Labute approximate surface area is 123 Å². The van der Waals surface area contributed by atoms with Crippen LogP contribution in [0.25, 0.3) is 0 Å². The van der Waals surface area contributed by atoms with E-state index in [1.54, 1.807) is 11.3 Å². The molecule has 0 aliphatic carbocycles. The molecule has 0 amide bonds. The number of thiazole rings is 1. The third kappa shape index (κ3) is 6.72. The highest BCUT2D eigenvalue weighted by molar-refractivity contribution is 14.1. The Balaban J connectivity index is 2.20. The van der Waals surface area contributed by atoms with E-state index in [4.69, 9.17) is 0 Å². The average Bonchev–Trinajstić information content (AvgIpc) is 2.64. The van der Waals surface area contributed by atoms with Gasteiger partial charge in [0.05, 0.1) is 9.08 Å². The second-order valence-corrected chi connectivity index (χ2v) is 8.29. The summed E-state index contributed by atoms with van der Waals surface area (Å²) in [5.74, 6) is 0. The van der Waals surface area contributed by atoms with Crippen molar-refractivity contribution in [3.05, 3.63) is 14.1 Å². The third-order valence-electron chi connectivity index (χ3n) is 2.86. The summed E-state index contributed by atoms with van der Waals surface area (Å²) in [6, 6.07) is 0. The molecule has 1 N–H and O–H groups in total. The van der Waals surface area contributed by atoms with Gasteiger partial charge in [0.25, 0.3) is 0 Å². The van der Waals surface area contributed by atoms with Crippen molar-refractivity contribution in [2.45, 2.75) is 53.0 Å². The quantitative estimate of drug-likeness (QED) is 0.543. The summed E-state index contributed by atoms with van der Waals surface area (Å²) < 4.78 is 1.27. The smallest absolute Gasteiger partial charge is 0.107 e. The molecule has 17 heavy (non-hydrogen) atoms. The van der Waals surface area contributed by atoms with Gasteiger partial charge in [-0.15, -0.1) is 11.3 Å². The number of nitrogens with zero attached hydrogens (tertiary/aromatic N) is 1. The first-order valence-corrected chi connectivity index (χ1v) is 8.24. The first-order chi connectivity index (χ1) is 8.03. The van der Waals surface area contributed by atoms with Gasteiger partial charge in [-0.25, -0.2) is 4.98 Å². The molecular formula is C13H23IN2S. The molecule has 0 radical (unpaired) electrons. The van der Waals surface area contributed by atoms with Crippen LogP contribution in [0.1, 0.15) is 51.5 Å². The molecule has 98 valence electrons. The Kier molecular flexibility index (Phi) is 6.95. The first kappa shape index (κ1) is 15.4. The number of rotatable bonds is 8. The lowest BCUT2D eigenvalue weighted by molar-refractivity contribution is 0.302. The molecule has 2 nitrogen and oxygen atoms in total. The van der Waals surface area contributed by atoms with Crippen molar-refractivity contribution < 1.29 is 0 Å². The lowest BCUT2D eigenvalue weighted by Gasteiger charge is -2.24. The van der Waals surface area contributed by atoms with E-state index in [9.17, 15) is 0 Å². The average molecular weight is 366 g/mol. The molecule has 0 bridgehead atoms. The van der Waals surface area contributed by atoms with Crippen LogP contribution in [0.3, 0.4) is 0 Å². The van der Waals surface area contributed by atoms with Gasteiger partial charge in [-0.2, -0.15) is 0 Å². The Hall–Kier alpha value is 0.320. The topological polar surface area (TPSA) is 24.9 Å². The summed E-state index contributed by atoms with van der Waals surface area (Å²) in [6.07, 6.45) is 7.26. The summed E-state index contributed by atoms with van der Waals surface area (Å²) in [6.45, 7) is 8.94. The van der Waals surface area contributed by atoms with Crippen molar-refractivity contribution >= 4 is 33.9 Å². The van der Waals surface area contributed by atoms with E-state index in [0.717, 1.165) is 13.1 Å². The molecule has 0 atom stereocenters. The van der Waals surface area contributed by atoms with Crippen LogP contribution < -0.4 is 5.32 Å². The second-order valence-electron chi connectivity index (χ2n) is 5.28. The van der Waals surface area contributed by atoms with Crippen molar-refractivity contribution in [1.29, 1.82) is 0 Å². The minimum Gasteiger partial charge on any atom is -0.310 e. The third-order valence-corrected chi connectivity index (χ3v) is 4.59. The SMILES string of the molecule is CCCCCC(C)(C)CNCc1ncc(I)s1. The summed E-state index contributed by atoms with van der Waals surface area (Å²) in [5, 5.41) is 4.72. The fourth-order valence-electron chi connectivity index (χ4n) is 1.82. The summed E-state index contributed by atoms with van der Waals surface area (Å²) >= 11 is 4.09. The molecule has 0 aliphatic heterocycles.